The highest BCUT2D eigenvalue weighted by Gasteiger charge is 2.30. The van der Waals surface area contributed by atoms with E-state index in [1.165, 1.54) is 6.92 Å². The van der Waals surface area contributed by atoms with Crippen LogP contribution < -0.4 is 16.0 Å². The molecule has 1 atom stereocenters. The first-order valence-electron chi connectivity index (χ1n) is 9.30. The van der Waals surface area contributed by atoms with Crippen molar-refractivity contribution in [3.05, 3.63) is 0 Å². The Hall–Kier alpha value is -0.760. The number of rotatable bonds is 14. The Balaban J connectivity index is 0. The highest BCUT2D eigenvalue weighted by molar-refractivity contribution is 5.72. The lowest BCUT2D eigenvalue weighted by atomic mass is 10.0. The van der Waals surface area contributed by atoms with E-state index in [0.717, 1.165) is 13.1 Å². The molecule has 0 heterocycles. The Bertz CT molecular complexity index is 316. The quantitative estimate of drug-likeness (QED) is 0.410. The maximum Gasteiger partial charge on any atom is 0.216 e. The average molecular weight is 366 g/mol. The largest absolute Gasteiger partial charge is 0.379 e. The summed E-state index contributed by atoms with van der Waals surface area (Å²) >= 11 is 0. The van der Waals surface area contributed by atoms with E-state index >= 15 is 0 Å². The zero-order valence-electron chi connectivity index (χ0n) is 17.2. The molecular formula is C18H40FN3O3. The third kappa shape index (κ3) is 17.8. The van der Waals surface area contributed by atoms with E-state index in [0.29, 0.717) is 32.4 Å². The lowest BCUT2D eigenvalue weighted by Crippen LogP contribution is -2.44. The van der Waals surface area contributed by atoms with Crippen molar-refractivity contribution in [3.63, 3.8) is 0 Å². The van der Waals surface area contributed by atoms with E-state index in [1.807, 2.05) is 13.8 Å². The van der Waals surface area contributed by atoms with Crippen LogP contribution >= 0.6 is 0 Å². The zero-order valence-corrected chi connectivity index (χ0v) is 17.2. The maximum absolute atomic E-state index is 14.0. The standard InChI is InChI=1S/C16H34FN3O3.C2H6/c1-13(2)19-8-10-22-9-6-18-7-11-23-16(4,5)15(17)12-20-14(3)21;1-2/h13,15,18-19H,6-12H2,1-5H3,(H,20,21);1-2H3. The summed E-state index contributed by atoms with van der Waals surface area (Å²) in [7, 11) is 0. The molecule has 6 nitrogen and oxygen atoms in total. The number of halogens is 1. The fraction of sp³-hybridized carbons (Fsp3) is 0.944. The van der Waals surface area contributed by atoms with Gasteiger partial charge in [-0.25, -0.2) is 4.39 Å². The van der Waals surface area contributed by atoms with E-state index in [9.17, 15) is 9.18 Å². The van der Waals surface area contributed by atoms with Gasteiger partial charge in [0.1, 0.15) is 6.17 Å². The molecule has 152 valence electrons. The molecule has 0 aromatic heterocycles. The van der Waals surface area contributed by atoms with E-state index < -0.39 is 11.8 Å². The highest BCUT2D eigenvalue weighted by atomic mass is 19.1. The van der Waals surface area contributed by atoms with Crippen molar-refractivity contribution >= 4 is 5.91 Å². The number of hydrogen-bond acceptors (Lipinski definition) is 5. The second kappa shape index (κ2) is 16.7. The van der Waals surface area contributed by atoms with Crippen molar-refractivity contribution < 1.29 is 18.7 Å². The second-order valence-electron chi connectivity index (χ2n) is 6.33. The monoisotopic (exact) mass is 365 g/mol. The van der Waals surface area contributed by atoms with Crippen molar-refractivity contribution in [3.8, 4) is 0 Å². The molecule has 0 aliphatic carbocycles. The van der Waals surface area contributed by atoms with Gasteiger partial charge in [-0.2, -0.15) is 0 Å². The van der Waals surface area contributed by atoms with Gasteiger partial charge in [-0.1, -0.05) is 27.7 Å². The van der Waals surface area contributed by atoms with Crippen LogP contribution in [0.15, 0.2) is 0 Å². The molecule has 1 amide bonds. The fourth-order valence-electron chi connectivity index (χ4n) is 1.75. The molecular weight excluding hydrogens is 325 g/mol. The SMILES string of the molecule is CC.CC(=O)NCC(F)C(C)(C)OCCNCCOCCNC(C)C. The second-order valence-corrected chi connectivity index (χ2v) is 6.33. The number of carbonyl (C=O) groups is 1. The third-order valence-corrected chi connectivity index (χ3v) is 3.26. The number of amides is 1. The summed E-state index contributed by atoms with van der Waals surface area (Å²) in [6.07, 6.45) is -1.25. The molecule has 7 heteroatoms. The minimum atomic E-state index is -1.25. The molecule has 0 aromatic carbocycles. The summed E-state index contributed by atoms with van der Waals surface area (Å²) in [4.78, 5) is 10.8. The first kappa shape index (κ1) is 26.5. The number of nitrogens with one attached hydrogen (secondary N) is 3. The molecule has 0 aromatic rings. The van der Waals surface area contributed by atoms with Crippen LogP contribution in [0.2, 0.25) is 0 Å². The Morgan fingerprint density at radius 3 is 2.20 bits per heavy atom. The summed E-state index contributed by atoms with van der Waals surface area (Å²) in [5.74, 6) is -0.242. The van der Waals surface area contributed by atoms with Crippen LogP contribution in [-0.4, -0.2) is 69.7 Å². The van der Waals surface area contributed by atoms with Crippen LogP contribution in [0.4, 0.5) is 4.39 Å². The Morgan fingerprint density at radius 1 is 1.08 bits per heavy atom. The normalized spacial score (nSPS) is 12.5. The smallest absolute Gasteiger partial charge is 0.216 e. The van der Waals surface area contributed by atoms with Crippen LogP contribution in [0, 0.1) is 0 Å². The van der Waals surface area contributed by atoms with Gasteiger partial charge in [-0.3, -0.25) is 4.79 Å². The predicted molar refractivity (Wildman–Crippen MR) is 102 cm³/mol. The lowest BCUT2D eigenvalue weighted by Gasteiger charge is -2.29. The summed E-state index contributed by atoms with van der Waals surface area (Å²) in [6.45, 7) is 16.8. The molecule has 0 saturated heterocycles. The number of hydrogen-bond donors (Lipinski definition) is 3. The van der Waals surface area contributed by atoms with Crippen molar-refractivity contribution in [1.82, 2.24) is 16.0 Å². The molecule has 0 aliphatic heterocycles. The molecule has 1 unspecified atom stereocenters. The molecule has 3 N–H and O–H groups in total. The number of alkyl halides is 1. The van der Waals surface area contributed by atoms with Crippen LogP contribution in [0.1, 0.15) is 48.5 Å². The molecule has 0 aliphatic rings. The van der Waals surface area contributed by atoms with E-state index in [1.54, 1.807) is 13.8 Å². The highest BCUT2D eigenvalue weighted by Crippen LogP contribution is 2.17. The molecule has 0 bridgehead atoms. The average Bonchev–Trinajstić information content (AvgIpc) is 2.55. The van der Waals surface area contributed by atoms with Crippen LogP contribution in [0.3, 0.4) is 0 Å². The third-order valence-electron chi connectivity index (χ3n) is 3.26. The van der Waals surface area contributed by atoms with E-state index in [2.05, 4.69) is 29.8 Å². The number of carbonyl (C=O) groups excluding carboxylic acids is 1. The van der Waals surface area contributed by atoms with Crippen LogP contribution in [-0.2, 0) is 14.3 Å². The lowest BCUT2D eigenvalue weighted by molar-refractivity contribution is -0.120. The van der Waals surface area contributed by atoms with Crippen molar-refractivity contribution in [2.45, 2.75) is 66.3 Å². The Kier molecular flexibility index (Phi) is 17.7. The first-order chi connectivity index (χ1) is 11.8. The minimum Gasteiger partial charge on any atom is -0.379 e. The Morgan fingerprint density at radius 2 is 1.64 bits per heavy atom. The zero-order chi connectivity index (χ0) is 19.7. The fourth-order valence-corrected chi connectivity index (χ4v) is 1.75. The minimum absolute atomic E-state index is 0.0337. The van der Waals surface area contributed by atoms with Gasteiger partial charge in [0.25, 0.3) is 0 Å². The molecule has 0 fully saturated rings. The van der Waals surface area contributed by atoms with E-state index in [4.69, 9.17) is 9.47 Å². The maximum atomic E-state index is 14.0. The summed E-state index contributed by atoms with van der Waals surface area (Å²) in [6, 6.07) is 0.474. The van der Waals surface area contributed by atoms with E-state index in [-0.39, 0.29) is 12.5 Å². The molecule has 25 heavy (non-hydrogen) atoms. The summed E-state index contributed by atoms with van der Waals surface area (Å²) < 4.78 is 25.0. The number of ether oxygens (including phenoxy) is 2. The van der Waals surface area contributed by atoms with Gasteiger partial charge in [-0.05, 0) is 13.8 Å². The van der Waals surface area contributed by atoms with Crippen molar-refractivity contribution in [2.24, 2.45) is 0 Å². The summed E-state index contributed by atoms with van der Waals surface area (Å²) in [5.41, 5.74) is -0.927. The van der Waals surface area contributed by atoms with Gasteiger partial charge in [0, 0.05) is 32.6 Å². The van der Waals surface area contributed by atoms with Gasteiger partial charge in [0.15, 0.2) is 0 Å². The molecule has 0 spiro atoms. The molecule has 0 saturated carbocycles. The van der Waals surface area contributed by atoms with Crippen molar-refractivity contribution in [1.29, 1.82) is 0 Å². The molecule has 0 rings (SSSR count). The van der Waals surface area contributed by atoms with Crippen molar-refractivity contribution in [2.75, 3.05) is 46.0 Å². The van der Waals surface area contributed by atoms with Gasteiger partial charge >= 0.3 is 0 Å². The summed E-state index contributed by atoms with van der Waals surface area (Å²) in [5, 5.41) is 8.92. The van der Waals surface area contributed by atoms with Gasteiger partial charge in [-0.15, -0.1) is 0 Å². The van der Waals surface area contributed by atoms with Gasteiger partial charge < -0.3 is 25.4 Å². The molecule has 0 radical (unpaired) electrons. The topological polar surface area (TPSA) is 71.6 Å². The van der Waals surface area contributed by atoms with Crippen LogP contribution in [0.5, 0.6) is 0 Å². The first-order valence-corrected chi connectivity index (χ1v) is 9.30. The van der Waals surface area contributed by atoms with Gasteiger partial charge in [0.2, 0.25) is 5.91 Å². The van der Waals surface area contributed by atoms with Gasteiger partial charge in [0.05, 0.1) is 32.0 Å². The predicted octanol–water partition coefficient (Wildman–Crippen LogP) is 1.89. The Labute approximate surface area is 153 Å². The van der Waals surface area contributed by atoms with Crippen LogP contribution in [0.25, 0.3) is 0 Å².